The van der Waals surface area contributed by atoms with E-state index in [1.54, 1.807) is 0 Å². The Morgan fingerprint density at radius 3 is 1.46 bits per heavy atom. The Morgan fingerprint density at radius 1 is 0.625 bits per heavy atom. The van der Waals surface area contributed by atoms with Crippen LogP contribution >= 0.6 is 0 Å². The van der Waals surface area contributed by atoms with E-state index in [2.05, 4.69) is 0 Å². The molecule has 0 radical (unpaired) electrons. The molecule has 8 nitrogen and oxygen atoms in total. The molecule has 5 rings (SSSR count). The van der Waals surface area contributed by atoms with Crippen LogP contribution in [0.4, 0.5) is 0 Å². The first-order valence-electron chi connectivity index (χ1n) is 8.06. The maximum absolute atomic E-state index is 5.89. The molecule has 4 saturated heterocycles. The normalized spacial score (nSPS) is 33.8. The van der Waals surface area contributed by atoms with E-state index in [-0.39, 0.29) is 12.2 Å². The lowest BCUT2D eigenvalue weighted by Crippen LogP contribution is -2.31. The third-order valence-corrected chi connectivity index (χ3v) is 4.37. The minimum absolute atomic E-state index is 0.315. The van der Waals surface area contributed by atoms with Crippen LogP contribution in [-0.4, -0.2) is 52.0 Å². The molecule has 0 aliphatic carbocycles. The van der Waals surface area contributed by atoms with Gasteiger partial charge in [0.1, 0.15) is 12.2 Å². The van der Waals surface area contributed by atoms with Crippen LogP contribution in [0.3, 0.4) is 0 Å². The second-order valence-electron chi connectivity index (χ2n) is 5.86. The Balaban J connectivity index is 1.38. The maximum atomic E-state index is 5.89. The van der Waals surface area contributed by atoms with Crippen molar-refractivity contribution < 1.29 is 37.9 Å². The molecule has 2 unspecified atom stereocenters. The van der Waals surface area contributed by atoms with Crippen molar-refractivity contribution in [3.05, 3.63) is 35.4 Å². The highest BCUT2D eigenvalue weighted by Gasteiger charge is 2.51. The standard InChI is InChI=1S/C16H18O8/c1-2-4-12(14-10-22-16(24-14)19-7-8-20-16)11(3-1)13-9-21-15(23-13)17-5-6-18-15/h1-4,13-14H,5-10H2. The fourth-order valence-electron chi connectivity index (χ4n) is 3.30. The molecule has 130 valence electrons. The highest BCUT2D eigenvalue weighted by atomic mass is 17.1. The van der Waals surface area contributed by atoms with Gasteiger partial charge < -0.3 is 28.4 Å². The monoisotopic (exact) mass is 338 g/mol. The van der Waals surface area contributed by atoms with Crippen LogP contribution in [0.25, 0.3) is 0 Å². The Hall–Kier alpha value is -1.10. The summed E-state index contributed by atoms with van der Waals surface area (Å²) in [4.78, 5) is 0. The molecule has 0 N–H and O–H groups in total. The van der Waals surface area contributed by atoms with Crippen LogP contribution in [0, 0.1) is 0 Å². The molecule has 2 spiro atoms. The van der Waals surface area contributed by atoms with Gasteiger partial charge >= 0.3 is 12.3 Å². The van der Waals surface area contributed by atoms with Crippen LogP contribution in [0.5, 0.6) is 0 Å². The molecule has 1 aromatic carbocycles. The fraction of sp³-hybridized carbons (Fsp3) is 0.625. The van der Waals surface area contributed by atoms with Crippen molar-refractivity contribution >= 4 is 0 Å². The van der Waals surface area contributed by atoms with Crippen molar-refractivity contribution in [1.82, 2.24) is 0 Å². The van der Waals surface area contributed by atoms with Gasteiger partial charge in [-0.15, -0.1) is 0 Å². The van der Waals surface area contributed by atoms with E-state index >= 15 is 0 Å². The highest BCUT2D eigenvalue weighted by molar-refractivity contribution is 5.32. The highest BCUT2D eigenvalue weighted by Crippen LogP contribution is 2.43. The third-order valence-electron chi connectivity index (χ3n) is 4.37. The van der Waals surface area contributed by atoms with Gasteiger partial charge in [-0.3, -0.25) is 9.47 Å². The van der Waals surface area contributed by atoms with E-state index in [1.807, 2.05) is 24.3 Å². The van der Waals surface area contributed by atoms with Crippen molar-refractivity contribution in [1.29, 1.82) is 0 Å². The van der Waals surface area contributed by atoms with Crippen LogP contribution in [0.15, 0.2) is 24.3 Å². The summed E-state index contributed by atoms with van der Waals surface area (Å²) >= 11 is 0. The zero-order valence-electron chi connectivity index (χ0n) is 13.0. The summed E-state index contributed by atoms with van der Waals surface area (Å²) in [5.74, 6) is 0. The average molecular weight is 338 g/mol. The van der Waals surface area contributed by atoms with Crippen LogP contribution in [-0.2, 0) is 37.9 Å². The molecule has 2 atom stereocenters. The molecular weight excluding hydrogens is 320 g/mol. The molecule has 4 fully saturated rings. The number of rotatable bonds is 2. The number of ether oxygens (including phenoxy) is 8. The zero-order valence-corrected chi connectivity index (χ0v) is 13.0. The van der Waals surface area contributed by atoms with Gasteiger partial charge in [-0.2, -0.15) is 0 Å². The van der Waals surface area contributed by atoms with Gasteiger partial charge in [-0.25, -0.2) is 0 Å². The molecule has 4 heterocycles. The van der Waals surface area contributed by atoms with E-state index < -0.39 is 12.3 Å². The van der Waals surface area contributed by atoms with E-state index in [1.165, 1.54) is 0 Å². The van der Waals surface area contributed by atoms with E-state index in [0.717, 1.165) is 11.1 Å². The minimum Gasteiger partial charge on any atom is -0.301 e. The van der Waals surface area contributed by atoms with Gasteiger partial charge in [-0.05, 0) is 11.1 Å². The van der Waals surface area contributed by atoms with Gasteiger partial charge in [0.05, 0.1) is 39.6 Å². The van der Waals surface area contributed by atoms with Crippen molar-refractivity contribution in [3.63, 3.8) is 0 Å². The quantitative estimate of drug-likeness (QED) is 0.796. The molecule has 0 bridgehead atoms. The number of benzene rings is 1. The van der Waals surface area contributed by atoms with Crippen molar-refractivity contribution in [2.75, 3.05) is 39.6 Å². The average Bonchev–Trinajstić information content (AvgIpc) is 3.40. The minimum atomic E-state index is -1.37. The fourth-order valence-corrected chi connectivity index (χ4v) is 3.30. The first-order chi connectivity index (χ1) is 11.8. The summed E-state index contributed by atoms with van der Waals surface area (Å²) in [6, 6.07) is 7.83. The van der Waals surface area contributed by atoms with E-state index in [4.69, 9.17) is 37.9 Å². The second-order valence-corrected chi connectivity index (χ2v) is 5.86. The van der Waals surface area contributed by atoms with Crippen LogP contribution < -0.4 is 0 Å². The molecule has 0 aromatic heterocycles. The van der Waals surface area contributed by atoms with Crippen molar-refractivity contribution in [3.8, 4) is 0 Å². The van der Waals surface area contributed by atoms with Crippen LogP contribution in [0.1, 0.15) is 23.3 Å². The molecule has 8 heteroatoms. The number of hydrogen-bond acceptors (Lipinski definition) is 8. The van der Waals surface area contributed by atoms with E-state index in [0.29, 0.717) is 39.6 Å². The maximum Gasteiger partial charge on any atom is 0.413 e. The van der Waals surface area contributed by atoms with Crippen molar-refractivity contribution in [2.45, 2.75) is 24.5 Å². The lowest BCUT2D eigenvalue weighted by atomic mass is 9.99. The Labute approximate surface area is 138 Å². The summed E-state index contributed by atoms with van der Waals surface area (Å²) in [6.07, 6.45) is -3.37. The Kier molecular flexibility index (Phi) is 3.62. The predicted molar refractivity (Wildman–Crippen MR) is 75.3 cm³/mol. The molecular formula is C16H18O8. The smallest absolute Gasteiger partial charge is 0.301 e. The zero-order chi connectivity index (χ0) is 16.0. The lowest BCUT2D eigenvalue weighted by molar-refractivity contribution is -0.428. The SMILES string of the molecule is c1ccc(C2COC3(OCCO3)O2)c(C2COC3(OCCO3)O2)c1. The predicted octanol–water partition coefficient (Wildman–Crippen LogP) is 1.18. The molecule has 4 aliphatic heterocycles. The summed E-state index contributed by atoms with van der Waals surface area (Å²) in [6.45, 7) is 2.47. The second kappa shape index (κ2) is 5.72. The van der Waals surface area contributed by atoms with Gasteiger partial charge in [-0.1, -0.05) is 24.3 Å². The van der Waals surface area contributed by atoms with Gasteiger partial charge in [0.25, 0.3) is 0 Å². The van der Waals surface area contributed by atoms with Gasteiger partial charge in [0, 0.05) is 0 Å². The first-order valence-corrected chi connectivity index (χ1v) is 8.06. The molecule has 1 aromatic rings. The lowest BCUT2D eigenvalue weighted by Gasteiger charge is -2.22. The Bertz CT molecular complexity index is 555. The summed E-state index contributed by atoms with van der Waals surface area (Å²) < 4.78 is 44.7. The molecule has 0 saturated carbocycles. The van der Waals surface area contributed by atoms with Gasteiger partial charge in [0.15, 0.2) is 0 Å². The molecule has 0 amide bonds. The largest absolute Gasteiger partial charge is 0.413 e. The molecule has 24 heavy (non-hydrogen) atoms. The van der Waals surface area contributed by atoms with Crippen molar-refractivity contribution in [2.24, 2.45) is 0 Å². The summed E-state index contributed by atoms with van der Waals surface area (Å²) in [7, 11) is 0. The first kappa shape index (κ1) is 15.2. The van der Waals surface area contributed by atoms with E-state index in [9.17, 15) is 0 Å². The summed E-state index contributed by atoms with van der Waals surface area (Å²) in [5.41, 5.74) is 1.88. The topological polar surface area (TPSA) is 73.8 Å². The van der Waals surface area contributed by atoms with Crippen LogP contribution in [0.2, 0.25) is 0 Å². The van der Waals surface area contributed by atoms with Gasteiger partial charge in [0.2, 0.25) is 0 Å². The third kappa shape index (κ3) is 2.47. The summed E-state index contributed by atoms with van der Waals surface area (Å²) in [5, 5.41) is 0. The number of hydrogen-bond donors (Lipinski definition) is 0. The molecule has 4 aliphatic rings. The Morgan fingerprint density at radius 2 is 1.04 bits per heavy atom.